The third-order valence-corrected chi connectivity index (χ3v) is 3.76. The monoisotopic (exact) mass is 250 g/mol. The van der Waals surface area contributed by atoms with Gasteiger partial charge in [0.1, 0.15) is 0 Å². The Balaban J connectivity index is 3.01. The van der Waals surface area contributed by atoms with Gasteiger partial charge in [-0.2, -0.15) is 13.2 Å². The third-order valence-electron chi connectivity index (χ3n) is 1.95. The van der Waals surface area contributed by atoms with E-state index in [0.29, 0.717) is 4.90 Å². The highest BCUT2D eigenvalue weighted by molar-refractivity contribution is 7.86. The predicted octanol–water partition coefficient (Wildman–Crippen LogP) is 3.61. The second kappa shape index (κ2) is 4.20. The van der Waals surface area contributed by atoms with E-state index < -0.39 is 27.3 Å². The molecule has 90 valence electrons. The Bertz CT molecular complexity index is 387. The lowest BCUT2D eigenvalue weighted by molar-refractivity contribution is -0.137. The van der Waals surface area contributed by atoms with Gasteiger partial charge in [-0.3, -0.25) is 4.21 Å². The van der Waals surface area contributed by atoms with Crippen LogP contribution in [0.2, 0.25) is 0 Å². The maximum Gasteiger partial charge on any atom is 0.416 e. The Kier molecular flexibility index (Phi) is 3.47. The number of benzene rings is 1. The molecule has 1 nitrogen and oxygen atoms in total. The molecule has 0 aliphatic carbocycles. The highest BCUT2D eigenvalue weighted by atomic mass is 32.2. The van der Waals surface area contributed by atoms with Crippen LogP contribution < -0.4 is 0 Å². The van der Waals surface area contributed by atoms with E-state index in [-0.39, 0.29) is 0 Å². The summed E-state index contributed by atoms with van der Waals surface area (Å²) in [6.07, 6.45) is -4.35. The van der Waals surface area contributed by atoms with Crippen LogP contribution >= 0.6 is 0 Å². The molecule has 0 fully saturated rings. The van der Waals surface area contributed by atoms with Crippen LogP contribution in [0.4, 0.5) is 13.2 Å². The van der Waals surface area contributed by atoms with Crippen molar-refractivity contribution in [3.05, 3.63) is 29.8 Å². The molecule has 0 aromatic heterocycles. The second-order valence-corrected chi connectivity index (χ2v) is 6.64. The van der Waals surface area contributed by atoms with Crippen molar-refractivity contribution in [2.45, 2.75) is 36.6 Å². The summed E-state index contributed by atoms with van der Waals surface area (Å²) in [5.41, 5.74) is -0.720. The van der Waals surface area contributed by atoms with Gasteiger partial charge in [0.25, 0.3) is 0 Å². The zero-order chi connectivity index (χ0) is 12.6. The fourth-order valence-electron chi connectivity index (χ4n) is 1.12. The first-order valence-electron chi connectivity index (χ1n) is 4.71. The van der Waals surface area contributed by atoms with Crippen LogP contribution in [0.3, 0.4) is 0 Å². The topological polar surface area (TPSA) is 17.1 Å². The molecule has 1 atom stereocenters. The van der Waals surface area contributed by atoms with E-state index in [1.54, 1.807) is 20.8 Å². The minimum absolute atomic E-state index is 0.417. The Hall–Kier alpha value is -0.840. The SMILES string of the molecule is CC(C)(C)S(=O)c1ccc(C(F)(F)F)cc1. The van der Waals surface area contributed by atoms with Crippen molar-refractivity contribution in [3.63, 3.8) is 0 Å². The standard InChI is InChI=1S/C11H13F3OS/c1-10(2,3)16(15)9-6-4-8(5-7-9)11(12,13)14/h4-7H,1-3H3. The van der Waals surface area contributed by atoms with Gasteiger partial charge in [-0.25, -0.2) is 0 Å². The van der Waals surface area contributed by atoms with Crippen molar-refractivity contribution in [1.82, 2.24) is 0 Å². The molecule has 0 saturated carbocycles. The molecule has 0 aliphatic heterocycles. The van der Waals surface area contributed by atoms with Crippen molar-refractivity contribution in [3.8, 4) is 0 Å². The molecular formula is C11H13F3OS. The van der Waals surface area contributed by atoms with Gasteiger partial charge >= 0.3 is 6.18 Å². The molecule has 1 aromatic rings. The van der Waals surface area contributed by atoms with Gasteiger partial charge in [0.05, 0.1) is 16.4 Å². The van der Waals surface area contributed by atoms with Crippen LogP contribution in [0.15, 0.2) is 29.2 Å². The molecule has 0 heterocycles. The number of rotatable bonds is 1. The second-order valence-electron chi connectivity index (χ2n) is 4.40. The van der Waals surface area contributed by atoms with Crippen molar-refractivity contribution in [1.29, 1.82) is 0 Å². The molecule has 0 N–H and O–H groups in total. The minimum atomic E-state index is -4.35. The summed E-state index contributed by atoms with van der Waals surface area (Å²) in [7, 11) is -1.30. The van der Waals surface area contributed by atoms with Crippen molar-refractivity contribution in [2.75, 3.05) is 0 Å². The van der Waals surface area contributed by atoms with Gasteiger partial charge in [0.15, 0.2) is 0 Å². The molecular weight excluding hydrogens is 237 g/mol. The van der Waals surface area contributed by atoms with E-state index in [9.17, 15) is 17.4 Å². The van der Waals surface area contributed by atoms with Crippen molar-refractivity contribution < 1.29 is 17.4 Å². The number of halogens is 3. The quantitative estimate of drug-likeness (QED) is 0.744. The zero-order valence-electron chi connectivity index (χ0n) is 9.26. The van der Waals surface area contributed by atoms with E-state index in [1.165, 1.54) is 12.1 Å². The van der Waals surface area contributed by atoms with E-state index in [2.05, 4.69) is 0 Å². The lowest BCUT2D eigenvalue weighted by atomic mass is 10.2. The van der Waals surface area contributed by atoms with Gasteiger partial charge in [-0.15, -0.1) is 0 Å². The third kappa shape index (κ3) is 3.07. The lowest BCUT2D eigenvalue weighted by Gasteiger charge is -2.18. The summed E-state index contributed by atoms with van der Waals surface area (Å²) in [6, 6.07) is 4.45. The van der Waals surface area contributed by atoms with Crippen LogP contribution in [0.5, 0.6) is 0 Å². The van der Waals surface area contributed by atoms with Crippen molar-refractivity contribution in [2.24, 2.45) is 0 Å². The maximum atomic E-state index is 12.3. The zero-order valence-corrected chi connectivity index (χ0v) is 10.1. The first-order chi connectivity index (χ1) is 7.12. The maximum absolute atomic E-state index is 12.3. The largest absolute Gasteiger partial charge is 0.416 e. The summed E-state index contributed by atoms with van der Waals surface area (Å²) >= 11 is 0. The molecule has 0 bridgehead atoms. The summed E-state index contributed by atoms with van der Waals surface area (Å²) in [5, 5.41) is 0. The normalized spacial score (nSPS) is 14.9. The number of hydrogen-bond donors (Lipinski definition) is 0. The molecule has 0 radical (unpaired) electrons. The Labute approximate surface area is 95.1 Å². The molecule has 0 saturated heterocycles. The van der Waals surface area contributed by atoms with E-state index in [4.69, 9.17) is 0 Å². The van der Waals surface area contributed by atoms with Gasteiger partial charge < -0.3 is 0 Å². The smallest absolute Gasteiger partial charge is 0.254 e. The molecule has 5 heteroatoms. The van der Waals surface area contributed by atoms with Crippen LogP contribution in [-0.4, -0.2) is 8.96 Å². The molecule has 1 rings (SSSR count). The Morgan fingerprint density at radius 3 is 1.75 bits per heavy atom. The highest BCUT2D eigenvalue weighted by Crippen LogP contribution is 2.30. The fraction of sp³-hybridized carbons (Fsp3) is 0.455. The van der Waals surface area contributed by atoms with Crippen LogP contribution in [-0.2, 0) is 17.0 Å². The molecule has 0 amide bonds. The first-order valence-corrected chi connectivity index (χ1v) is 5.86. The highest BCUT2D eigenvalue weighted by Gasteiger charge is 2.30. The van der Waals surface area contributed by atoms with E-state index >= 15 is 0 Å². The van der Waals surface area contributed by atoms with Crippen molar-refractivity contribution >= 4 is 10.8 Å². The summed E-state index contributed by atoms with van der Waals surface area (Å²) in [6.45, 7) is 5.34. The average molecular weight is 250 g/mol. The summed E-state index contributed by atoms with van der Waals surface area (Å²) in [4.78, 5) is 0.417. The number of alkyl halides is 3. The van der Waals surface area contributed by atoms with Crippen LogP contribution in [0, 0.1) is 0 Å². The molecule has 16 heavy (non-hydrogen) atoms. The minimum Gasteiger partial charge on any atom is -0.254 e. The van der Waals surface area contributed by atoms with Crippen LogP contribution in [0.1, 0.15) is 26.3 Å². The van der Waals surface area contributed by atoms with Gasteiger partial charge in [-0.1, -0.05) is 0 Å². The van der Waals surface area contributed by atoms with E-state index in [0.717, 1.165) is 12.1 Å². The van der Waals surface area contributed by atoms with Gasteiger partial charge in [0.2, 0.25) is 0 Å². The van der Waals surface area contributed by atoms with Gasteiger partial charge in [0, 0.05) is 9.64 Å². The van der Waals surface area contributed by atoms with Crippen LogP contribution in [0.25, 0.3) is 0 Å². The van der Waals surface area contributed by atoms with Gasteiger partial charge in [-0.05, 0) is 45.0 Å². The molecule has 1 unspecified atom stereocenters. The first kappa shape index (κ1) is 13.2. The molecule has 1 aromatic carbocycles. The fourth-order valence-corrected chi connectivity index (χ4v) is 2.21. The molecule has 0 aliphatic rings. The number of hydrogen-bond acceptors (Lipinski definition) is 1. The Morgan fingerprint density at radius 2 is 1.44 bits per heavy atom. The predicted molar refractivity (Wildman–Crippen MR) is 57.6 cm³/mol. The summed E-state index contributed by atoms with van der Waals surface area (Å²) in [5.74, 6) is 0. The van der Waals surface area contributed by atoms with E-state index in [1.807, 2.05) is 0 Å². The average Bonchev–Trinajstić information content (AvgIpc) is 2.14. The summed E-state index contributed by atoms with van der Waals surface area (Å²) < 4.78 is 48.2. The molecule has 0 spiro atoms. The lowest BCUT2D eigenvalue weighted by Crippen LogP contribution is -2.21. The Morgan fingerprint density at radius 1 is 1.00 bits per heavy atom.